The molecule has 0 aromatic heterocycles. The Hall–Kier alpha value is -2.08. The van der Waals surface area contributed by atoms with E-state index in [1.54, 1.807) is 0 Å². The first-order chi connectivity index (χ1) is 8.10. The van der Waals surface area contributed by atoms with E-state index < -0.39 is 12.2 Å². The average Bonchev–Trinajstić information content (AvgIpc) is 2.35. The van der Waals surface area contributed by atoms with Crippen LogP contribution in [0, 0.1) is 0 Å². The summed E-state index contributed by atoms with van der Waals surface area (Å²) in [5.74, 6) is -0.208. The zero-order valence-electron chi connectivity index (χ0n) is 8.76. The van der Waals surface area contributed by atoms with Gasteiger partial charge in [-0.05, 0) is 23.2 Å². The van der Waals surface area contributed by atoms with Crippen LogP contribution < -0.4 is 0 Å². The van der Waals surface area contributed by atoms with Crippen LogP contribution in [0.5, 0.6) is 5.75 Å². The van der Waals surface area contributed by atoms with Gasteiger partial charge in [-0.1, -0.05) is 11.2 Å². The van der Waals surface area contributed by atoms with Crippen molar-refractivity contribution in [2.75, 3.05) is 6.54 Å². The number of aldehydes is 1. The van der Waals surface area contributed by atoms with Crippen molar-refractivity contribution in [3.8, 4) is 5.75 Å². The van der Waals surface area contributed by atoms with Gasteiger partial charge in [0.25, 0.3) is 0 Å². The molecule has 1 aromatic carbocycles. The van der Waals surface area contributed by atoms with Gasteiger partial charge in [0.15, 0.2) is 6.29 Å². The molecular weight excluding hydrogens is 226 g/mol. The summed E-state index contributed by atoms with van der Waals surface area (Å²) in [6, 6.07) is 3.86. The Bertz CT molecular complexity index is 457. The number of hydrogen-bond acceptors (Lipinski definition) is 5. The highest BCUT2D eigenvalue weighted by Crippen LogP contribution is 2.23. The van der Waals surface area contributed by atoms with E-state index in [-0.39, 0.29) is 23.4 Å². The van der Waals surface area contributed by atoms with Crippen LogP contribution in [0.3, 0.4) is 0 Å². The normalized spacial score (nSPS) is 13.5. The zero-order chi connectivity index (χ0) is 12.8. The van der Waals surface area contributed by atoms with Crippen LogP contribution in [0.4, 0.5) is 0 Å². The molecular formula is C10H11N3O4. The van der Waals surface area contributed by atoms with Gasteiger partial charge in [0.2, 0.25) is 0 Å². The molecule has 2 unspecified atom stereocenters. The molecule has 3 N–H and O–H groups in total. The van der Waals surface area contributed by atoms with Gasteiger partial charge in [-0.15, -0.1) is 0 Å². The maximum absolute atomic E-state index is 10.6. The summed E-state index contributed by atoms with van der Waals surface area (Å²) in [5.41, 5.74) is 8.34. The lowest BCUT2D eigenvalue weighted by Gasteiger charge is -2.16. The van der Waals surface area contributed by atoms with E-state index in [1.807, 2.05) is 0 Å². The minimum Gasteiger partial charge on any atom is -0.507 e. The average molecular weight is 237 g/mol. The number of aromatic hydroxyl groups is 1. The number of azide groups is 1. The first-order valence-electron chi connectivity index (χ1n) is 4.75. The maximum Gasteiger partial charge on any atom is 0.153 e. The summed E-state index contributed by atoms with van der Waals surface area (Å²) in [7, 11) is 0. The largest absolute Gasteiger partial charge is 0.507 e. The minimum absolute atomic E-state index is 0.0116. The quantitative estimate of drug-likeness (QED) is 0.304. The third kappa shape index (κ3) is 3.18. The molecule has 0 spiro atoms. The molecule has 7 nitrogen and oxygen atoms in total. The Kier molecular flexibility index (Phi) is 4.47. The monoisotopic (exact) mass is 237 g/mol. The number of hydrogen-bond donors (Lipinski definition) is 3. The van der Waals surface area contributed by atoms with Crippen LogP contribution >= 0.6 is 0 Å². The van der Waals surface area contributed by atoms with Gasteiger partial charge < -0.3 is 15.3 Å². The molecule has 0 amide bonds. The summed E-state index contributed by atoms with van der Waals surface area (Å²) < 4.78 is 0. The fraction of sp³-hybridized carbons (Fsp3) is 0.300. The molecule has 0 aliphatic heterocycles. The highest BCUT2D eigenvalue weighted by molar-refractivity contribution is 5.79. The SMILES string of the molecule is [N-]=[N+]=NCC(O)C(O)c1ccc(O)c(C=O)c1. The van der Waals surface area contributed by atoms with Crippen LogP contribution in [-0.2, 0) is 0 Å². The zero-order valence-corrected chi connectivity index (χ0v) is 8.76. The Morgan fingerprint density at radius 3 is 2.76 bits per heavy atom. The number of aliphatic hydroxyl groups is 2. The second kappa shape index (κ2) is 5.86. The van der Waals surface area contributed by atoms with Crippen molar-refractivity contribution in [3.05, 3.63) is 39.8 Å². The summed E-state index contributed by atoms with van der Waals surface area (Å²) in [4.78, 5) is 13.0. The number of aliphatic hydroxyl groups excluding tert-OH is 2. The second-order valence-electron chi connectivity index (χ2n) is 3.36. The first kappa shape index (κ1) is 13.0. The molecule has 0 radical (unpaired) electrons. The van der Waals surface area contributed by atoms with E-state index in [4.69, 9.17) is 5.53 Å². The van der Waals surface area contributed by atoms with E-state index in [0.29, 0.717) is 6.29 Å². The van der Waals surface area contributed by atoms with Crippen LogP contribution in [0.1, 0.15) is 22.0 Å². The summed E-state index contributed by atoms with van der Waals surface area (Å²) >= 11 is 0. The van der Waals surface area contributed by atoms with Crippen molar-refractivity contribution in [1.82, 2.24) is 0 Å². The van der Waals surface area contributed by atoms with Gasteiger partial charge in [-0.2, -0.15) is 0 Å². The molecule has 0 bridgehead atoms. The molecule has 7 heteroatoms. The standard InChI is InChI=1S/C10H11N3O4/c11-13-12-4-9(16)10(17)6-1-2-8(15)7(3-6)5-14/h1-3,5,9-10,15-17H,4H2. The molecule has 17 heavy (non-hydrogen) atoms. The van der Waals surface area contributed by atoms with Crippen LogP contribution in [0.25, 0.3) is 10.4 Å². The number of nitrogens with zero attached hydrogens (tertiary/aromatic N) is 3. The summed E-state index contributed by atoms with van der Waals surface area (Å²) in [6.07, 6.45) is -2.12. The number of benzene rings is 1. The summed E-state index contributed by atoms with van der Waals surface area (Å²) in [6.45, 7) is -0.283. The molecule has 0 aliphatic rings. The molecule has 0 saturated heterocycles. The number of carbonyl (C=O) groups is 1. The van der Waals surface area contributed by atoms with E-state index >= 15 is 0 Å². The first-order valence-corrected chi connectivity index (χ1v) is 4.75. The topological polar surface area (TPSA) is 127 Å². The number of phenols is 1. The molecule has 1 aromatic rings. The smallest absolute Gasteiger partial charge is 0.153 e. The lowest BCUT2D eigenvalue weighted by molar-refractivity contribution is 0.0243. The third-order valence-corrected chi connectivity index (χ3v) is 2.22. The van der Waals surface area contributed by atoms with Gasteiger partial charge in [0.1, 0.15) is 11.9 Å². The fourth-order valence-corrected chi connectivity index (χ4v) is 1.29. The summed E-state index contributed by atoms with van der Waals surface area (Å²) in [5, 5.41) is 31.5. The van der Waals surface area contributed by atoms with Crippen molar-refractivity contribution in [3.63, 3.8) is 0 Å². The highest BCUT2D eigenvalue weighted by atomic mass is 16.3. The Labute approximate surface area is 96.6 Å². The van der Waals surface area contributed by atoms with Crippen molar-refractivity contribution >= 4 is 6.29 Å². The minimum atomic E-state index is -1.29. The van der Waals surface area contributed by atoms with Crippen molar-refractivity contribution in [2.45, 2.75) is 12.2 Å². The van der Waals surface area contributed by atoms with Gasteiger partial charge in [0, 0.05) is 4.91 Å². The molecule has 1 rings (SSSR count). The van der Waals surface area contributed by atoms with E-state index in [1.165, 1.54) is 18.2 Å². The van der Waals surface area contributed by atoms with Crippen molar-refractivity contribution in [2.24, 2.45) is 5.11 Å². The van der Waals surface area contributed by atoms with Crippen LogP contribution in [0.2, 0.25) is 0 Å². The number of phenolic OH excluding ortho intramolecular Hbond substituents is 1. The van der Waals surface area contributed by atoms with Gasteiger partial charge >= 0.3 is 0 Å². The van der Waals surface area contributed by atoms with Crippen LogP contribution in [0.15, 0.2) is 23.3 Å². The molecule has 0 saturated carbocycles. The van der Waals surface area contributed by atoms with Gasteiger partial charge in [0.05, 0.1) is 18.2 Å². The third-order valence-electron chi connectivity index (χ3n) is 2.22. The fourth-order valence-electron chi connectivity index (χ4n) is 1.29. The lowest BCUT2D eigenvalue weighted by atomic mass is 10.0. The second-order valence-corrected chi connectivity index (χ2v) is 3.36. The lowest BCUT2D eigenvalue weighted by Crippen LogP contribution is -2.21. The Balaban J connectivity index is 2.91. The number of rotatable bonds is 5. The van der Waals surface area contributed by atoms with Crippen LogP contribution in [-0.4, -0.2) is 34.3 Å². The van der Waals surface area contributed by atoms with Gasteiger partial charge in [-0.25, -0.2) is 0 Å². The molecule has 90 valence electrons. The molecule has 2 atom stereocenters. The highest BCUT2D eigenvalue weighted by Gasteiger charge is 2.18. The van der Waals surface area contributed by atoms with Crippen molar-refractivity contribution < 1.29 is 20.1 Å². The Morgan fingerprint density at radius 1 is 1.47 bits per heavy atom. The van der Waals surface area contributed by atoms with Crippen molar-refractivity contribution in [1.29, 1.82) is 0 Å². The predicted molar refractivity (Wildman–Crippen MR) is 58.5 cm³/mol. The Morgan fingerprint density at radius 2 is 2.18 bits per heavy atom. The molecule has 0 heterocycles. The van der Waals surface area contributed by atoms with E-state index in [9.17, 15) is 20.1 Å². The number of carbonyl (C=O) groups excluding carboxylic acids is 1. The predicted octanol–water partition coefficient (Wildman–Crippen LogP) is 0.909. The van der Waals surface area contributed by atoms with E-state index in [0.717, 1.165) is 0 Å². The molecule has 0 aliphatic carbocycles. The molecule has 0 fully saturated rings. The maximum atomic E-state index is 10.6. The van der Waals surface area contributed by atoms with E-state index in [2.05, 4.69) is 10.0 Å². The van der Waals surface area contributed by atoms with Gasteiger partial charge in [-0.3, -0.25) is 4.79 Å².